The fraction of sp³-hybridized carbons (Fsp3) is 0.500. The molecular weight excluding hydrogens is 325 g/mol. The molecule has 136 valence electrons. The quantitative estimate of drug-likeness (QED) is 0.898. The van der Waals surface area contributed by atoms with Gasteiger partial charge in [-0.3, -0.25) is 9.69 Å². The SMILES string of the molecule is COc1ccc(F)c2[nH]c(C(=O)N(C)C[C@@H]3C[C@H](OC)CN3C)cc12. The van der Waals surface area contributed by atoms with Crippen molar-refractivity contribution in [1.29, 1.82) is 0 Å². The summed E-state index contributed by atoms with van der Waals surface area (Å²) in [6.07, 6.45) is 1.09. The number of aromatic nitrogens is 1. The average Bonchev–Trinajstić information content (AvgIpc) is 3.19. The van der Waals surface area contributed by atoms with E-state index in [-0.39, 0.29) is 23.6 Å². The summed E-state index contributed by atoms with van der Waals surface area (Å²) < 4.78 is 24.7. The summed E-state index contributed by atoms with van der Waals surface area (Å²) in [7, 11) is 7.03. The first kappa shape index (κ1) is 17.7. The van der Waals surface area contributed by atoms with E-state index in [9.17, 15) is 9.18 Å². The Labute approximate surface area is 146 Å². The lowest BCUT2D eigenvalue weighted by Crippen LogP contribution is -2.39. The number of carbonyl (C=O) groups excluding carboxylic acids is 1. The largest absolute Gasteiger partial charge is 0.496 e. The third-order valence-electron chi connectivity index (χ3n) is 4.97. The van der Waals surface area contributed by atoms with Crippen LogP contribution in [0.5, 0.6) is 5.75 Å². The van der Waals surface area contributed by atoms with Crippen LogP contribution in [0.1, 0.15) is 16.9 Å². The lowest BCUT2D eigenvalue weighted by Gasteiger charge is -2.25. The van der Waals surface area contributed by atoms with E-state index in [1.807, 2.05) is 7.05 Å². The fourth-order valence-corrected chi connectivity index (χ4v) is 3.47. The van der Waals surface area contributed by atoms with Crippen molar-refractivity contribution in [2.75, 3.05) is 41.4 Å². The van der Waals surface area contributed by atoms with Crippen LogP contribution in [0.3, 0.4) is 0 Å². The lowest BCUT2D eigenvalue weighted by atomic mass is 10.2. The molecule has 1 amide bonds. The van der Waals surface area contributed by atoms with E-state index >= 15 is 0 Å². The van der Waals surface area contributed by atoms with Gasteiger partial charge >= 0.3 is 0 Å². The molecule has 1 fully saturated rings. The van der Waals surface area contributed by atoms with Crippen LogP contribution in [-0.4, -0.2) is 74.2 Å². The van der Waals surface area contributed by atoms with Crippen molar-refractivity contribution in [2.24, 2.45) is 0 Å². The summed E-state index contributed by atoms with van der Waals surface area (Å²) in [5.74, 6) is -0.0456. The second-order valence-electron chi connectivity index (χ2n) is 6.59. The standard InChI is InChI=1S/C18H24FN3O3/c1-21-10-12(24-3)7-11(21)9-22(2)18(23)15-8-13-16(25-4)6-5-14(19)17(13)20-15/h5-6,8,11-12,20H,7,9-10H2,1-4H3/t11-,12-/m0/s1. The number of aromatic amines is 1. The molecule has 0 unspecified atom stereocenters. The normalized spacial score (nSPS) is 21.0. The van der Waals surface area contributed by atoms with Crippen molar-refractivity contribution in [3.63, 3.8) is 0 Å². The number of ether oxygens (including phenoxy) is 2. The van der Waals surface area contributed by atoms with E-state index in [1.54, 1.807) is 31.2 Å². The molecule has 7 heteroatoms. The minimum Gasteiger partial charge on any atom is -0.496 e. The number of methoxy groups -OCH3 is 2. The Kier molecular flexibility index (Phi) is 4.96. The number of likely N-dealkylation sites (N-methyl/N-ethyl adjacent to an activating group) is 2. The highest BCUT2D eigenvalue weighted by molar-refractivity contribution is 5.99. The number of amides is 1. The fourth-order valence-electron chi connectivity index (χ4n) is 3.47. The predicted octanol–water partition coefficient (Wildman–Crippen LogP) is 2.11. The van der Waals surface area contributed by atoms with Gasteiger partial charge in [-0.15, -0.1) is 0 Å². The molecule has 0 saturated carbocycles. The van der Waals surface area contributed by atoms with Gasteiger partial charge in [0.2, 0.25) is 0 Å². The number of carbonyl (C=O) groups is 1. The first-order chi connectivity index (χ1) is 11.9. The van der Waals surface area contributed by atoms with Gasteiger partial charge in [0.25, 0.3) is 5.91 Å². The van der Waals surface area contributed by atoms with Crippen molar-refractivity contribution in [1.82, 2.24) is 14.8 Å². The molecule has 0 bridgehead atoms. The van der Waals surface area contributed by atoms with E-state index in [4.69, 9.17) is 9.47 Å². The van der Waals surface area contributed by atoms with Crippen molar-refractivity contribution < 1.29 is 18.7 Å². The van der Waals surface area contributed by atoms with E-state index < -0.39 is 5.82 Å². The zero-order valence-corrected chi connectivity index (χ0v) is 15.0. The second-order valence-corrected chi connectivity index (χ2v) is 6.59. The summed E-state index contributed by atoms with van der Waals surface area (Å²) in [4.78, 5) is 19.5. The van der Waals surface area contributed by atoms with Crippen LogP contribution in [0.2, 0.25) is 0 Å². The maximum atomic E-state index is 14.0. The van der Waals surface area contributed by atoms with E-state index in [0.717, 1.165) is 13.0 Å². The highest BCUT2D eigenvalue weighted by Gasteiger charge is 2.31. The minimum atomic E-state index is -0.407. The highest BCUT2D eigenvalue weighted by atomic mass is 19.1. The number of halogens is 1. The summed E-state index contributed by atoms with van der Waals surface area (Å²) in [5.41, 5.74) is 0.637. The van der Waals surface area contributed by atoms with Gasteiger partial charge in [-0.05, 0) is 31.7 Å². The molecule has 0 spiro atoms. The molecule has 0 radical (unpaired) electrons. The van der Waals surface area contributed by atoms with Crippen LogP contribution < -0.4 is 4.74 Å². The number of H-pyrrole nitrogens is 1. The molecule has 0 aliphatic carbocycles. The topological polar surface area (TPSA) is 57.8 Å². The molecule has 3 rings (SSSR count). The molecule has 1 saturated heterocycles. The van der Waals surface area contributed by atoms with Crippen molar-refractivity contribution >= 4 is 16.8 Å². The van der Waals surface area contributed by atoms with E-state index in [0.29, 0.717) is 23.4 Å². The van der Waals surface area contributed by atoms with Crippen LogP contribution in [-0.2, 0) is 4.74 Å². The zero-order chi connectivity index (χ0) is 18.1. The van der Waals surface area contributed by atoms with E-state index in [2.05, 4.69) is 9.88 Å². The second kappa shape index (κ2) is 7.01. The molecular formula is C18H24FN3O3. The molecule has 25 heavy (non-hydrogen) atoms. The Balaban J connectivity index is 1.78. The molecule has 1 aromatic heterocycles. The van der Waals surface area contributed by atoms with Crippen molar-refractivity contribution in [3.05, 3.63) is 29.7 Å². The van der Waals surface area contributed by atoms with Gasteiger partial charge in [-0.2, -0.15) is 0 Å². The maximum absolute atomic E-state index is 14.0. The summed E-state index contributed by atoms with van der Waals surface area (Å²) in [6, 6.07) is 4.77. The summed E-state index contributed by atoms with van der Waals surface area (Å²) >= 11 is 0. The predicted molar refractivity (Wildman–Crippen MR) is 93.6 cm³/mol. The number of fused-ring (bicyclic) bond motifs is 1. The van der Waals surface area contributed by atoms with Gasteiger partial charge in [-0.1, -0.05) is 0 Å². The van der Waals surface area contributed by atoms with Crippen molar-refractivity contribution in [3.8, 4) is 5.75 Å². The lowest BCUT2D eigenvalue weighted by molar-refractivity contribution is 0.0755. The number of nitrogens with one attached hydrogen (secondary N) is 1. The van der Waals surface area contributed by atoms with Gasteiger partial charge in [0, 0.05) is 38.7 Å². The number of likely N-dealkylation sites (tertiary alicyclic amines) is 1. The monoisotopic (exact) mass is 349 g/mol. The minimum absolute atomic E-state index is 0.174. The number of rotatable bonds is 5. The van der Waals surface area contributed by atoms with Crippen LogP contribution in [0.25, 0.3) is 10.9 Å². The van der Waals surface area contributed by atoms with Gasteiger partial charge in [0.15, 0.2) is 0 Å². The summed E-state index contributed by atoms with van der Waals surface area (Å²) in [6.45, 7) is 1.45. The Morgan fingerprint density at radius 2 is 2.20 bits per heavy atom. The molecule has 1 aromatic carbocycles. The molecule has 2 atom stereocenters. The molecule has 1 aliphatic heterocycles. The van der Waals surface area contributed by atoms with Crippen LogP contribution >= 0.6 is 0 Å². The van der Waals surface area contributed by atoms with Gasteiger partial charge in [0.05, 0.1) is 18.7 Å². The molecule has 2 aromatic rings. The third kappa shape index (κ3) is 3.34. The Bertz CT molecular complexity index is 776. The molecule has 6 nitrogen and oxygen atoms in total. The average molecular weight is 349 g/mol. The summed E-state index contributed by atoms with van der Waals surface area (Å²) in [5, 5.41) is 0.566. The van der Waals surface area contributed by atoms with Gasteiger partial charge < -0.3 is 19.4 Å². The number of nitrogens with zero attached hydrogens (tertiary/aromatic N) is 2. The van der Waals surface area contributed by atoms with Gasteiger partial charge in [-0.25, -0.2) is 4.39 Å². The Hall–Kier alpha value is -2.12. The Morgan fingerprint density at radius 1 is 1.44 bits per heavy atom. The Morgan fingerprint density at radius 3 is 2.84 bits per heavy atom. The first-order valence-electron chi connectivity index (χ1n) is 8.28. The maximum Gasteiger partial charge on any atom is 0.270 e. The highest BCUT2D eigenvalue weighted by Crippen LogP contribution is 2.29. The van der Waals surface area contributed by atoms with Crippen molar-refractivity contribution in [2.45, 2.75) is 18.6 Å². The van der Waals surface area contributed by atoms with Gasteiger partial charge in [0.1, 0.15) is 17.3 Å². The molecule has 2 heterocycles. The molecule has 1 aliphatic rings. The van der Waals surface area contributed by atoms with Crippen LogP contribution in [0, 0.1) is 5.82 Å². The number of benzene rings is 1. The molecule has 1 N–H and O–H groups in total. The number of hydrogen-bond donors (Lipinski definition) is 1. The third-order valence-corrected chi connectivity index (χ3v) is 4.97. The van der Waals surface area contributed by atoms with Crippen LogP contribution in [0.4, 0.5) is 4.39 Å². The first-order valence-corrected chi connectivity index (χ1v) is 8.28. The van der Waals surface area contributed by atoms with E-state index in [1.165, 1.54) is 13.2 Å². The zero-order valence-electron chi connectivity index (χ0n) is 15.0. The van der Waals surface area contributed by atoms with Crippen LogP contribution in [0.15, 0.2) is 18.2 Å². The smallest absolute Gasteiger partial charge is 0.270 e. The number of hydrogen-bond acceptors (Lipinski definition) is 4.